The fourth-order valence-corrected chi connectivity index (χ4v) is 2.51. The van der Waals surface area contributed by atoms with Gasteiger partial charge in [-0.1, -0.05) is 36.4 Å². The summed E-state index contributed by atoms with van der Waals surface area (Å²) in [6.45, 7) is 5.25. The fourth-order valence-electron chi connectivity index (χ4n) is 2.51. The first-order valence-electron chi connectivity index (χ1n) is 6.60. The van der Waals surface area contributed by atoms with Crippen LogP contribution >= 0.6 is 0 Å². The van der Waals surface area contributed by atoms with Crippen molar-refractivity contribution in [1.29, 1.82) is 0 Å². The normalized spacial score (nSPS) is 15.3. The topological polar surface area (TPSA) is 6.48 Å². The van der Waals surface area contributed by atoms with Gasteiger partial charge in [-0.05, 0) is 38.1 Å². The van der Waals surface area contributed by atoms with Crippen molar-refractivity contribution in [2.75, 3.05) is 16.5 Å². The summed E-state index contributed by atoms with van der Waals surface area (Å²) >= 11 is 0. The van der Waals surface area contributed by atoms with Crippen LogP contribution in [0, 0.1) is 0 Å². The second-order valence-electron chi connectivity index (χ2n) is 4.84. The molecule has 0 spiro atoms. The number of allylic oxidation sites excluding steroid dienone is 2. The number of benzene rings is 2. The van der Waals surface area contributed by atoms with Crippen LogP contribution in [0.25, 0.3) is 0 Å². The first kappa shape index (κ1) is 11.8. The van der Waals surface area contributed by atoms with Crippen LogP contribution < -0.4 is 9.80 Å². The molecule has 2 heteroatoms. The molecular weight excluding hydrogens is 232 g/mol. The minimum atomic E-state index is 0.881. The molecule has 96 valence electrons. The Labute approximate surface area is 114 Å². The van der Waals surface area contributed by atoms with Gasteiger partial charge in [0.15, 0.2) is 0 Å². The van der Waals surface area contributed by atoms with Crippen LogP contribution in [0.2, 0.25) is 0 Å². The van der Waals surface area contributed by atoms with Gasteiger partial charge in [-0.3, -0.25) is 0 Å². The average Bonchev–Trinajstić information content (AvgIpc) is 2.77. The molecule has 2 nitrogen and oxygen atoms in total. The van der Waals surface area contributed by atoms with Gasteiger partial charge >= 0.3 is 0 Å². The molecule has 19 heavy (non-hydrogen) atoms. The van der Waals surface area contributed by atoms with Crippen LogP contribution in [0.3, 0.4) is 0 Å². The lowest BCUT2D eigenvalue weighted by Crippen LogP contribution is -2.26. The minimum absolute atomic E-state index is 0.881. The number of hydrogen-bond donors (Lipinski definition) is 0. The molecule has 3 rings (SSSR count). The lowest BCUT2D eigenvalue weighted by atomic mass is 10.2. The average molecular weight is 250 g/mol. The van der Waals surface area contributed by atoms with E-state index < -0.39 is 0 Å². The van der Waals surface area contributed by atoms with E-state index in [2.05, 4.69) is 84.3 Å². The van der Waals surface area contributed by atoms with Crippen molar-refractivity contribution in [3.8, 4) is 0 Å². The van der Waals surface area contributed by atoms with Crippen molar-refractivity contribution in [2.45, 2.75) is 13.8 Å². The maximum absolute atomic E-state index is 2.35. The third-order valence-electron chi connectivity index (χ3n) is 3.75. The molecule has 0 fully saturated rings. The second-order valence-corrected chi connectivity index (χ2v) is 4.84. The van der Waals surface area contributed by atoms with Crippen LogP contribution in [-0.4, -0.2) is 6.67 Å². The van der Waals surface area contributed by atoms with E-state index in [0.717, 1.165) is 6.67 Å². The van der Waals surface area contributed by atoms with Crippen LogP contribution in [0.5, 0.6) is 0 Å². The molecule has 0 radical (unpaired) electrons. The molecule has 0 saturated carbocycles. The third kappa shape index (κ3) is 2.10. The molecule has 0 amide bonds. The zero-order chi connectivity index (χ0) is 13.2. The Morgan fingerprint density at radius 2 is 1.00 bits per heavy atom. The number of nitrogens with zero attached hydrogens (tertiary/aromatic N) is 2. The van der Waals surface area contributed by atoms with Crippen molar-refractivity contribution in [2.24, 2.45) is 0 Å². The van der Waals surface area contributed by atoms with E-state index in [1.54, 1.807) is 0 Å². The van der Waals surface area contributed by atoms with E-state index in [1.165, 1.54) is 22.8 Å². The molecule has 0 N–H and O–H groups in total. The summed E-state index contributed by atoms with van der Waals surface area (Å²) in [5.74, 6) is 0. The molecule has 0 saturated heterocycles. The Morgan fingerprint density at radius 1 is 0.632 bits per heavy atom. The van der Waals surface area contributed by atoms with E-state index >= 15 is 0 Å². The van der Waals surface area contributed by atoms with Gasteiger partial charge in [-0.2, -0.15) is 0 Å². The number of hydrogen-bond acceptors (Lipinski definition) is 2. The van der Waals surface area contributed by atoms with Gasteiger partial charge in [-0.25, -0.2) is 0 Å². The van der Waals surface area contributed by atoms with E-state index in [9.17, 15) is 0 Å². The molecule has 0 bridgehead atoms. The van der Waals surface area contributed by atoms with Gasteiger partial charge in [-0.15, -0.1) is 0 Å². The highest BCUT2D eigenvalue weighted by Gasteiger charge is 2.25. The largest absolute Gasteiger partial charge is 0.325 e. The molecule has 2 aromatic carbocycles. The van der Waals surface area contributed by atoms with Crippen molar-refractivity contribution in [3.63, 3.8) is 0 Å². The molecule has 0 aromatic heterocycles. The molecule has 1 aliphatic heterocycles. The molecule has 1 aliphatic rings. The number of anilines is 2. The van der Waals surface area contributed by atoms with Gasteiger partial charge < -0.3 is 9.80 Å². The Kier molecular flexibility index (Phi) is 3.00. The van der Waals surface area contributed by atoms with Crippen LogP contribution in [0.4, 0.5) is 11.4 Å². The Hall–Kier alpha value is -2.22. The van der Waals surface area contributed by atoms with Gasteiger partial charge in [0.05, 0.1) is 6.67 Å². The summed E-state index contributed by atoms with van der Waals surface area (Å²) in [4.78, 5) is 4.70. The predicted octanol–water partition coefficient (Wildman–Crippen LogP) is 4.22. The van der Waals surface area contributed by atoms with Crippen molar-refractivity contribution >= 4 is 11.4 Å². The molecule has 2 aromatic rings. The molecule has 1 heterocycles. The van der Waals surface area contributed by atoms with Crippen LogP contribution in [0.15, 0.2) is 72.1 Å². The van der Waals surface area contributed by atoms with Crippen LogP contribution in [0.1, 0.15) is 13.8 Å². The van der Waals surface area contributed by atoms with E-state index in [4.69, 9.17) is 0 Å². The summed E-state index contributed by atoms with van der Waals surface area (Å²) in [5, 5.41) is 0. The summed E-state index contributed by atoms with van der Waals surface area (Å²) in [6.07, 6.45) is 0. The highest BCUT2D eigenvalue weighted by molar-refractivity contribution is 5.63. The Morgan fingerprint density at radius 3 is 1.37 bits per heavy atom. The standard InChI is InChI=1S/C17H18N2/c1-14-15(2)19(17-11-7-4-8-12-17)13-18(14)16-9-5-3-6-10-16/h3-12H,13H2,1-2H3. The maximum Gasteiger partial charge on any atom is 0.0994 e. The maximum atomic E-state index is 2.35. The molecule has 0 atom stereocenters. The SMILES string of the molecule is CC1=C(C)N(c2ccccc2)CN1c1ccccc1. The summed E-state index contributed by atoms with van der Waals surface area (Å²) < 4.78 is 0. The number of rotatable bonds is 2. The predicted molar refractivity (Wildman–Crippen MR) is 81.1 cm³/mol. The smallest absolute Gasteiger partial charge is 0.0994 e. The summed E-state index contributed by atoms with van der Waals surface area (Å²) in [7, 11) is 0. The fraction of sp³-hybridized carbons (Fsp3) is 0.176. The Bertz CT molecular complexity index is 534. The second kappa shape index (κ2) is 4.81. The van der Waals surface area contributed by atoms with Gasteiger partial charge in [0.25, 0.3) is 0 Å². The van der Waals surface area contributed by atoms with Gasteiger partial charge in [0.1, 0.15) is 0 Å². The quantitative estimate of drug-likeness (QED) is 0.787. The first-order chi connectivity index (χ1) is 9.27. The minimum Gasteiger partial charge on any atom is -0.325 e. The zero-order valence-electron chi connectivity index (χ0n) is 11.4. The lowest BCUT2D eigenvalue weighted by molar-refractivity contribution is 0.938. The van der Waals surface area contributed by atoms with E-state index in [-0.39, 0.29) is 0 Å². The van der Waals surface area contributed by atoms with Crippen molar-refractivity contribution < 1.29 is 0 Å². The zero-order valence-corrected chi connectivity index (χ0v) is 11.4. The Balaban J connectivity index is 1.94. The molecular formula is C17H18N2. The van der Waals surface area contributed by atoms with Gasteiger partial charge in [0.2, 0.25) is 0 Å². The third-order valence-corrected chi connectivity index (χ3v) is 3.75. The summed E-state index contributed by atoms with van der Waals surface area (Å²) in [5.41, 5.74) is 5.13. The highest BCUT2D eigenvalue weighted by atomic mass is 15.4. The monoisotopic (exact) mass is 250 g/mol. The molecule has 0 aliphatic carbocycles. The highest BCUT2D eigenvalue weighted by Crippen LogP contribution is 2.32. The van der Waals surface area contributed by atoms with Crippen molar-refractivity contribution in [3.05, 3.63) is 72.1 Å². The summed E-state index contributed by atoms with van der Waals surface area (Å²) in [6, 6.07) is 21.1. The van der Waals surface area contributed by atoms with Gasteiger partial charge in [0, 0.05) is 22.8 Å². The van der Waals surface area contributed by atoms with E-state index in [0.29, 0.717) is 0 Å². The first-order valence-corrected chi connectivity index (χ1v) is 6.60. The van der Waals surface area contributed by atoms with Crippen LogP contribution in [-0.2, 0) is 0 Å². The van der Waals surface area contributed by atoms with E-state index in [1.807, 2.05) is 0 Å². The van der Waals surface area contributed by atoms with Crippen molar-refractivity contribution in [1.82, 2.24) is 0 Å². The lowest BCUT2D eigenvalue weighted by Gasteiger charge is -2.23. The number of para-hydroxylation sites is 2. The molecule has 0 unspecified atom stereocenters.